The van der Waals surface area contributed by atoms with Crippen molar-refractivity contribution in [2.75, 3.05) is 0 Å². The first-order valence-electron chi connectivity index (χ1n) is 9.40. The van der Waals surface area contributed by atoms with Crippen LogP contribution >= 0.6 is 0 Å². The molecule has 2 aromatic heterocycles. The minimum Gasteiger partial charge on any atom is -0.406 e. The van der Waals surface area contributed by atoms with E-state index in [1.54, 1.807) is 6.92 Å². The number of rotatable bonds is 7. The average Bonchev–Trinajstić information content (AvgIpc) is 3.01. The highest BCUT2D eigenvalue weighted by Gasteiger charge is 2.31. The summed E-state index contributed by atoms with van der Waals surface area (Å²) in [5.41, 5.74) is 4.96. The molecule has 0 spiro atoms. The van der Waals surface area contributed by atoms with Crippen LogP contribution in [0.1, 0.15) is 44.1 Å². The zero-order valence-corrected chi connectivity index (χ0v) is 17.5. The van der Waals surface area contributed by atoms with Gasteiger partial charge in [-0.2, -0.15) is 0 Å². The van der Waals surface area contributed by atoms with E-state index < -0.39 is 12.1 Å². The molecular weight excluding hydrogens is 393 g/mol. The topological polar surface area (TPSA) is 62.7 Å². The minimum atomic E-state index is -4.78. The Labute approximate surface area is 173 Å². The number of hydrogen-bond donors (Lipinski definition) is 1. The first kappa shape index (κ1) is 23.1. The van der Waals surface area contributed by atoms with Crippen molar-refractivity contribution in [1.29, 1.82) is 5.41 Å². The first-order valence-corrected chi connectivity index (χ1v) is 9.40. The molecule has 0 aliphatic rings. The van der Waals surface area contributed by atoms with Gasteiger partial charge in [-0.3, -0.25) is 9.81 Å². The summed E-state index contributed by atoms with van der Waals surface area (Å²) in [4.78, 5) is 9.03. The highest BCUT2D eigenvalue weighted by molar-refractivity contribution is 6.06. The molecule has 30 heavy (non-hydrogen) atoms. The number of allylic oxidation sites excluding steroid dienone is 3. The Morgan fingerprint density at radius 2 is 2.00 bits per heavy atom. The Morgan fingerprint density at radius 3 is 2.60 bits per heavy atom. The molecule has 0 aliphatic heterocycles. The molecule has 5 nitrogen and oxygen atoms in total. The van der Waals surface area contributed by atoms with Gasteiger partial charge in [0.1, 0.15) is 17.2 Å². The monoisotopic (exact) mass is 418 g/mol. The van der Waals surface area contributed by atoms with E-state index in [4.69, 9.17) is 5.41 Å². The van der Waals surface area contributed by atoms with Crippen molar-refractivity contribution >= 4 is 17.2 Å². The van der Waals surface area contributed by atoms with Crippen molar-refractivity contribution < 1.29 is 17.9 Å². The molecule has 0 aromatic carbocycles. The Morgan fingerprint density at radius 1 is 1.30 bits per heavy atom. The molecule has 0 atom stereocenters. The molecule has 0 saturated heterocycles. The molecule has 0 radical (unpaired) electrons. The lowest BCUT2D eigenvalue weighted by Crippen LogP contribution is -2.11. The summed E-state index contributed by atoms with van der Waals surface area (Å²) >= 11 is 0. The first-order chi connectivity index (χ1) is 14.0. The lowest BCUT2D eigenvalue weighted by atomic mass is 10.1. The van der Waals surface area contributed by atoms with Crippen LogP contribution in [0, 0.1) is 12.3 Å². The van der Waals surface area contributed by atoms with E-state index in [0.29, 0.717) is 11.3 Å². The van der Waals surface area contributed by atoms with E-state index >= 15 is 0 Å². The molecule has 0 saturated carbocycles. The normalized spacial score (nSPS) is 13.6. The number of halogens is 3. The number of ether oxygens (including phenoxy) is 1. The molecule has 160 valence electrons. The standard InChI is InChI=1S/C22H25F3N4O/c1-6-17(30-22(23,24)25)10-8-14(3)12-19(26)27-16(5)21-18(7-2)28-20-11-9-15(4)13-29(20)21/h6,8-11,13,26H,1,7,12H2,2-5H3/b14-8+,17-10+,26-19?,27-16?. The number of nitrogens with zero attached hydrogens (tertiary/aromatic N) is 3. The average molecular weight is 418 g/mol. The number of pyridine rings is 1. The number of alkyl halides is 3. The second kappa shape index (κ2) is 9.56. The van der Waals surface area contributed by atoms with E-state index in [1.807, 2.05) is 43.5 Å². The van der Waals surface area contributed by atoms with Crippen LogP contribution in [0.25, 0.3) is 5.65 Å². The van der Waals surface area contributed by atoms with E-state index in [-0.39, 0.29) is 12.3 Å². The molecule has 0 aliphatic carbocycles. The summed E-state index contributed by atoms with van der Waals surface area (Å²) in [5.74, 6) is -0.321. The third kappa shape index (κ3) is 6.17. The highest BCUT2D eigenvalue weighted by Crippen LogP contribution is 2.21. The zero-order valence-electron chi connectivity index (χ0n) is 17.5. The molecule has 8 heteroatoms. The van der Waals surface area contributed by atoms with Gasteiger partial charge >= 0.3 is 6.36 Å². The third-order valence-corrected chi connectivity index (χ3v) is 4.23. The predicted molar refractivity (Wildman–Crippen MR) is 113 cm³/mol. The van der Waals surface area contributed by atoms with Crippen LogP contribution in [0.5, 0.6) is 0 Å². The number of amidine groups is 1. The molecular formula is C22H25F3N4O. The van der Waals surface area contributed by atoms with Gasteiger partial charge in [0.2, 0.25) is 0 Å². The zero-order chi connectivity index (χ0) is 22.5. The van der Waals surface area contributed by atoms with Crippen molar-refractivity contribution in [1.82, 2.24) is 9.38 Å². The fourth-order valence-electron chi connectivity index (χ4n) is 2.95. The quantitative estimate of drug-likeness (QED) is 0.262. The molecule has 2 aromatic rings. The van der Waals surface area contributed by atoms with Crippen LogP contribution in [-0.4, -0.2) is 27.3 Å². The van der Waals surface area contributed by atoms with Crippen molar-refractivity contribution in [3.05, 3.63) is 71.4 Å². The molecule has 0 fully saturated rings. The number of fused-ring (bicyclic) bond motifs is 1. The van der Waals surface area contributed by atoms with Crippen LogP contribution < -0.4 is 0 Å². The van der Waals surface area contributed by atoms with E-state index in [1.165, 1.54) is 12.2 Å². The van der Waals surface area contributed by atoms with Crippen LogP contribution in [0.4, 0.5) is 13.2 Å². The summed E-state index contributed by atoms with van der Waals surface area (Å²) in [6.45, 7) is 10.8. The van der Waals surface area contributed by atoms with Gasteiger partial charge in [0, 0.05) is 12.6 Å². The number of hydrogen-bond acceptors (Lipinski definition) is 3. The number of aromatic nitrogens is 2. The largest absolute Gasteiger partial charge is 0.573 e. The van der Waals surface area contributed by atoms with Crippen molar-refractivity contribution in [3.8, 4) is 0 Å². The van der Waals surface area contributed by atoms with Gasteiger partial charge in [-0.1, -0.05) is 31.2 Å². The number of nitrogens with one attached hydrogen (secondary N) is 1. The Balaban J connectivity index is 2.23. The van der Waals surface area contributed by atoms with Crippen molar-refractivity contribution in [2.45, 2.75) is 46.9 Å². The molecule has 0 bridgehead atoms. The fraction of sp³-hybridized carbons (Fsp3) is 0.318. The van der Waals surface area contributed by atoms with Gasteiger partial charge in [0.25, 0.3) is 0 Å². The fourth-order valence-corrected chi connectivity index (χ4v) is 2.95. The van der Waals surface area contributed by atoms with Crippen LogP contribution in [-0.2, 0) is 11.2 Å². The Bertz CT molecular complexity index is 1040. The van der Waals surface area contributed by atoms with Gasteiger partial charge in [-0.25, -0.2) is 9.98 Å². The Hall–Kier alpha value is -3.16. The molecule has 0 amide bonds. The van der Waals surface area contributed by atoms with Crippen LogP contribution in [0.3, 0.4) is 0 Å². The second-order valence-corrected chi connectivity index (χ2v) is 6.85. The molecule has 2 rings (SSSR count). The van der Waals surface area contributed by atoms with E-state index in [2.05, 4.69) is 21.3 Å². The molecule has 1 N–H and O–H groups in total. The second-order valence-electron chi connectivity index (χ2n) is 6.85. The summed E-state index contributed by atoms with van der Waals surface area (Å²) < 4.78 is 42.7. The van der Waals surface area contributed by atoms with Crippen molar-refractivity contribution in [3.63, 3.8) is 0 Å². The molecule has 0 unspecified atom stereocenters. The number of aliphatic imine (C=N–C) groups is 1. The maximum absolute atomic E-state index is 12.3. The minimum absolute atomic E-state index is 0.0937. The van der Waals surface area contributed by atoms with Crippen LogP contribution in [0.15, 0.2) is 59.5 Å². The summed E-state index contributed by atoms with van der Waals surface area (Å²) in [5, 5.41) is 8.19. The van der Waals surface area contributed by atoms with Gasteiger partial charge in [-0.05, 0) is 51.0 Å². The van der Waals surface area contributed by atoms with Gasteiger partial charge in [-0.15, -0.1) is 13.2 Å². The SMILES string of the molecule is C=C/C(=C\C=C(/C)CC(=N)N=C(C)c1c(CC)nc2ccc(C)cn12)OC(F)(F)F. The van der Waals surface area contributed by atoms with Gasteiger partial charge in [0.15, 0.2) is 0 Å². The summed E-state index contributed by atoms with van der Waals surface area (Å²) in [6.07, 6.45) is 1.71. The summed E-state index contributed by atoms with van der Waals surface area (Å²) in [6, 6.07) is 3.93. The lowest BCUT2D eigenvalue weighted by molar-refractivity contribution is -0.303. The predicted octanol–water partition coefficient (Wildman–Crippen LogP) is 5.93. The molecule has 2 heterocycles. The Kier molecular flexibility index (Phi) is 7.37. The third-order valence-electron chi connectivity index (χ3n) is 4.23. The van der Waals surface area contributed by atoms with Gasteiger partial charge in [0.05, 0.1) is 17.1 Å². The maximum Gasteiger partial charge on any atom is 0.573 e. The number of imidazole rings is 1. The maximum atomic E-state index is 12.3. The highest BCUT2D eigenvalue weighted by atomic mass is 19.4. The number of aryl methyl sites for hydroxylation is 2. The van der Waals surface area contributed by atoms with E-state index in [9.17, 15) is 13.2 Å². The van der Waals surface area contributed by atoms with Crippen LogP contribution in [0.2, 0.25) is 0 Å². The van der Waals surface area contributed by atoms with Gasteiger partial charge < -0.3 is 4.74 Å². The smallest absolute Gasteiger partial charge is 0.406 e. The van der Waals surface area contributed by atoms with E-state index in [0.717, 1.165) is 35.1 Å². The van der Waals surface area contributed by atoms with Crippen molar-refractivity contribution in [2.24, 2.45) is 4.99 Å². The lowest BCUT2D eigenvalue weighted by Gasteiger charge is -2.08. The summed E-state index contributed by atoms with van der Waals surface area (Å²) in [7, 11) is 0.